The number of allylic oxidation sites excluding steroid dienone is 1. The van der Waals surface area contributed by atoms with Crippen molar-refractivity contribution in [1.29, 1.82) is 0 Å². The molecule has 1 aromatic rings. The minimum absolute atomic E-state index is 0.0362. The van der Waals surface area contributed by atoms with Gasteiger partial charge in [0.2, 0.25) is 0 Å². The highest BCUT2D eigenvalue weighted by Gasteiger charge is 2.27. The van der Waals surface area contributed by atoms with E-state index in [4.69, 9.17) is 4.74 Å². The number of benzene rings is 1. The second-order valence-corrected chi connectivity index (χ2v) is 6.82. The molecular weight excluding hydrogens is 260 g/mol. The first-order chi connectivity index (χ1) is 10.0. The van der Waals surface area contributed by atoms with Gasteiger partial charge in [-0.3, -0.25) is 4.79 Å². The van der Waals surface area contributed by atoms with Gasteiger partial charge >= 0.3 is 5.97 Å². The summed E-state index contributed by atoms with van der Waals surface area (Å²) in [5.41, 5.74) is 5.05. The highest BCUT2D eigenvalue weighted by Crippen LogP contribution is 2.36. The molecule has 0 aliphatic heterocycles. The summed E-state index contributed by atoms with van der Waals surface area (Å²) >= 11 is 0. The van der Waals surface area contributed by atoms with E-state index in [9.17, 15) is 4.79 Å². The van der Waals surface area contributed by atoms with Gasteiger partial charge in [-0.1, -0.05) is 24.6 Å². The standard InChI is InChI=1S/C19H24O2/c1-12-4-7-15(8-5-12)19(20)21-18-9-6-14(3)16-10-13(2)11-17(16)18/h6,9,11-12,15H,4-5,7-8,10H2,1-3H3/t12-,15-. The summed E-state index contributed by atoms with van der Waals surface area (Å²) in [6.07, 6.45) is 7.38. The van der Waals surface area contributed by atoms with Crippen LogP contribution in [0.2, 0.25) is 0 Å². The number of carbonyl (C=O) groups excluding carboxylic acids is 1. The van der Waals surface area contributed by atoms with Gasteiger partial charge in [-0.05, 0) is 69.1 Å². The van der Waals surface area contributed by atoms with Crippen molar-refractivity contribution < 1.29 is 9.53 Å². The number of hydrogen-bond donors (Lipinski definition) is 0. The summed E-state index contributed by atoms with van der Waals surface area (Å²) in [4.78, 5) is 12.4. The van der Waals surface area contributed by atoms with Gasteiger partial charge in [0.05, 0.1) is 5.92 Å². The molecule has 0 unspecified atom stereocenters. The SMILES string of the molecule is CC1=Cc2c(OC(=O)[C@H]3CC[C@H](C)CC3)ccc(C)c2C1. The molecule has 0 atom stereocenters. The first-order valence-electron chi connectivity index (χ1n) is 8.06. The number of ether oxygens (including phenoxy) is 1. The number of carbonyl (C=O) groups is 1. The average molecular weight is 284 g/mol. The third kappa shape index (κ3) is 2.90. The molecule has 21 heavy (non-hydrogen) atoms. The fraction of sp³-hybridized carbons (Fsp3) is 0.526. The molecule has 2 aliphatic rings. The van der Waals surface area contributed by atoms with E-state index in [1.54, 1.807) is 0 Å². The molecule has 0 amide bonds. The number of hydrogen-bond acceptors (Lipinski definition) is 2. The molecule has 2 aliphatic carbocycles. The van der Waals surface area contributed by atoms with E-state index in [2.05, 4.69) is 32.9 Å². The van der Waals surface area contributed by atoms with E-state index < -0.39 is 0 Å². The summed E-state index contributed by atoms with van der Waals surface area (Å²) < 4.78 is 5.75. The van der Waals surface area contributed by atoms with Crippen LogP contribution in [0.3, 0.4) is 0 Å². The Bertz CT molecular complexity index is 590. The molecule has 0 saturated heterocycles. The summed E-state index contributed by atoms with van der Waals surface area (Å²) in [6, 6.07) is 4.02. The maximum absolute atomic E-state index is 12.4. The second kappa shape index (κ2) is 5.67. The van der Waals surface area contributed by atoms with Gasteiger partial charge in [0, 0.05) is 5.56 Å². The Morgan fingerprint density at radius 2 is 1.86 bits per heavy atom. The molecule has 2 heteroatoms. The van der Waals surface area contributed by atoms with Crippen molar-refractivity contribution in [2.75, 3.05) is 0 Å². The normalized spacial score (nSPS) is 24.4. The molecule has 0 N–H and O–H groups in total. The van der Waals surface area contributed by atoms with Crippen LogP contribution in [0.15, 0.2) is 17.7 Å². The first kappa shape index (κ1) is 14.4. The van der Waals surface area contributed by atoms with Crippen LogP contribution in [0.25, 0.3) is 6.08 Å². The third-order valence-electron chi connectivity index (χ3n) is 4.96. The molecule has 0 spiro atoms. The average Bonchev–Trinajstić information content (AvgIpc) is 2.85. The Morgan fingerprint density at radius 3 is 2.57 bits per heavy atom. The van der Waals surface area contributed by atoms with Crippen LogP contribution in [-0.4, -0.2) is 5.97 Å². The molecule has 112 valence electrons. The largest absolute Gasteiger partial charge is 0.426 e. The lowest BCUT2D eigenvalue weighted by molar-refractivity contribution is -0.140. The Kier molecular flexibility index (Phi) is 3.88. The smallest absolute Gasteiger partial charge is 0.314 e. The predicted octanol–water partition coefficient (Wildman–Crippen LogP) is 4.69. The summed E-state index contributed by atoms with van der Waals surface area (Å²) in [6.45, 7) is 6.52. The minimum atomic E-state index is -0.0362. The highest BCUT2D eigenvalue weighted by molar-refractivity contribution is 5.79. The van der Waals surface area contributed by atoms with E-state index in [1.807, 2.05) is 6.07 Å². The Hall–Kier alpha value is -1.57. The van der Waals surface area contributed by atoms with Gasteiger partial charge in [-0.15, -0.1) is 0 Å². The van der Waals surface area contributed by atoms with E-state index in [0.717, 1.165) is 49.3 Å². The van der Waals surface area contributed by atoms with E-state index in [0.29, 0.717) is 0 Å². The van der Waals surface area contributed by atoms with Crippen molar-refractivity contribution in [2.45, 2.75) is 52.9 Å². The number of rotatable bonds is 2. The van der Waals surface area contributed by atoms with Gasteiger partial charge in [0.15, 0.2) is 0 Å². The van der Waals surface area contributed by atoms with Crippen LogP contribution in [0.4, 0.5) is 0 Å². The number of aryl methyl sites for hydroxylation is 1. The molecule has 1 saturated carbocycles. The van der Waals surface area contributed by atoms with Gasteiger partial charge in [0.1, 0.15) is 5.75 Å². The zero-order valence-corrected chi connectivity index (χ0v) is 13.2. The minimum Gasteiger partial charge on any atom is -0.426 e. The van der Waals surface area contributed by atoms with Crippen LogP contribution >= 0.6 is 0 Å². The summed E-state index contributed by atoms with van der Waals surface area (Å²) in [7, 11) is 0. The van der Waals surface area contributed by atoms with Crippen molar-refractivity contribution >= 4 is 12.0 Å². The van der Waals surface area contributed by atoms with Crippen LogP contribution in [-0.2, 0) is 11.2 Å². The van der Waals surface area contributed by atoms with Gasteiger partial charge in [-0.2, -0.15) is 0 Å². The molecule has 1 fully saturated rings. The lowest BCUT2D eigenvalue weighted by Crippen LogP contribution is -2.25. The zero-order valence-electron chi connectivity index (χ0n) is 13.2. The zero-order chi connectivity index (χ0) is 15.0. The van der Waals surface area contributed by atoms with Gasteiger partial charge in [0.25, 0.3) is 0 Å². The second-order valence-electron chi connectivity index (χ2n) is 6.82. The fourth-order valence-corrected chi connectivity index (χ4v) is 3.50. The van der Waals surface area contributed by atoms with Crippen molar-refractivity contribution in [2.24, 2.45) is 11.8 Å². The topological polar surface area (TPSA) is 26.3 Å². The fourth-order valence-electron chi connectivity index (χ4n) is 3.50. The van der Waals surface area contributed by atoms with Gasteiger partial charge in [-0.25, -0.2) is 0 Å². The van der Waals surface area contributed by atoms with Crippen molar-refractivity contribution in [3.8, 4) is 5.75 Å². The quantitative estimate of drug-likeness (QED) is 0.582. The lowest BCUT2D eigenvalue weighted by atomic mass is 9.83. The van der Waals surface area contributed by atoms with Crippen LogP contribution in [0.5, 0.6) is 5.75 Å². The van der Waals surface area contributed by atoms with E-state index in [-0.39, 0.29) is 11.9 Å². The lowest BCUT2D eigenvalue weighted by Gasteiger charge is -2.24. The van der Waals surface area contributed by atoms with Crippen molar-refractivity contribution in [1.82, 2.24) is 0 Å². The van der Waals surface area contributed by atoms with Crippen LogP contribution in [0, 0.1) is 18.8 Å². The predicted molar refractivity (Wildman–Crippen MR) is 85.3 cm³/mol. The maximum Gasteiger partial charge on any atom is 0.314 e. The highest BCUT2D eigenvalue weighted by atomic mass is 16.5. The molecule has 1 aromatic carbocycles. The summed E-state index contributed by atoms with van der Waals surface area (Å²) in [5, 5.41) is 0. The monoisotopic (exact) mass is 284 g/mol. The molecule has 2 nitrogen and oxygen atoms in total. The van der Waals surface area contributed by atoms with E-state index >= 15 is 0 Å². The molecule has 0 radical (unpaired) electrons. The molecule has 0 aromatic heterocycles. The molecule has 0 heterocycles. The molecule has 0 bridgehead atoms. The van der Waals surface area contributed by atoms with Crippen molar-refractivity contribution in [3.63, 3.8) is 0 Å². The summed E-state index contributed by atoms with van der Waals surface area (Å²) in [5.74, 6) is 1.55. The Balaban J connectivity index is 1.77. The van der Waals surface area contributed by atoms with Crippen LogP contribution < -0.4 is 4.74 Å². The van der Waals surface area contributed by atoms with E-state index in [1.165, 1.54) is 16.7 Å². The number of esters is 1. The van der Waals surface area contributed by atoms with Crippen molar-refractivity contribution in [3.05, 3.63) is 34.4 Å². The molecular formula is C19H24O2. The maximum atomic E-state index is 12.4. The van der Waals surface area contributed by atoms with Crippen LogP contribution in [0.1, 0.15) is 56.2 Å². The first-order valence-corrected chi connectivity index (χ1v) is 8.06. The van der Waals surface area contributed by atoms with Gasteiger partial charge < -0.3 is 4.74 Å². The Morgan fingerprint density at radius 1 is 1.14 bits per heavy atom. The number of fused-ring (bicyclic) bond motifs is 1. The third-order valence-corrected chi connectivity index (χ3v) is 4.96. The molecule has 3 rings (SSSR count). The Labute approximate surface area is 127 Å².